The maximum atomic E-state index is 14.4. The van der Waals surface area contributed by atoms with Crippen molar-refractivity contribution in [2.24, 2.45) is 5.10 Å². The van der Waals surface area contributed by atoms with Crippen LogP contribution < -0.4 is 19.8 Å². The average Bonchev–Trinajstić information content (AvgIpc) is 3.25. The lowest BCUT2D eigenvalue weighted by Crippen LogP contribution is -2.25. The van der Waals surface area contributed by atoms with Crippen LogP contribution >= 0.6 is 0 Å². The van der Waals surface area contributed by atoms with Crippen molar-refractivity contribution < 1.29 is 18.7 Å². The third-order valence-corrected chi connectivity index (χ3v) is 4.59. The number of nitrogens with zero attached hydrogens (tertiary/aromatic N) is 2. The molecule has 1 saturated heterocycles. The van der Waals surface area contributed by atoms with Crippen molar-refractivity contribution in [2.75, 3.05) is 31.7 Å². The first-order valence-corrected chi connectivity index (χ1v) is 9.22. The molecule has 1 N–H and O–H groups in total. The molecule has 2 aromatic rings. The number of nitrogens with one attached hydrogen (secondary N) is 1. The number of hydrogen-bond acceptors (Lipinski definition) is 5. The Kier molecular flexibility index (Phi) is 6.47. The zero-order valence-electron chi connectivity index (χ0n) is 16.1. The van der Waals surface area contributed by atoms with E-state index in [9.17, 15) is 9.18 Å². The minimum Gasteiger partial charge on any atom is -0.493 e. The van der Waals surface area contributed by atoms with E-state index in [4.69, 9.17) is 9.47 Å². The molecule has 1 heterocycles. The summed E-state index contributed by atoms with van der Waals surface area (Å²) in [5.41, 5.74) is 4.17. The molecule has 6 nitrogen and oxygen atoms in total. The molecule has 1 fully saturated rings. The number of anilines is 1. The number of para-hydroxylation sites is 2. The Morgan fingerprint density at radius 3 is 2.57 bits per heavy atom. The second kappa shape index (κ2) is 9.21. The molecular formula is C21H24FN3O3. The first kappa shape index (κ1) is 19.7. The van der Waals surface area contributed by atoms with Gasteiger partial charge in [0.15, 0.2) is 18.1 Å². The number of carbonyl (C=O) groups excluding carboxylic acids is 1. The van der Waals surface area contributed by atoms with E-state index in [0.717, 1.165) is 25.9 Å². The van der Waals surface area contributed by atoms with Crippen LogP contribution in [0, 0.1) is 5.82 Å². The Morgan fingerprint density at radius 1 is 1.18 bits per heavy atom. The Hall–Kier alpha value is -3.09. The van der Waals surface area contributed by atoms with Gasteiger partial charge >= 0.3 is 0 Å². The van der Waals surface area contributed by atoms with Gasteiger partial charge in [0.25, 0.3) is 5.91 Å². The van der Waals surface area contributed by atoms with Crippen LogP contribution in [0.5, 0.6) is 11.5 Å². The molecule has 0 aromatic heterocycles. The van der Waals surface area contributed by atoms with Gasteiger partial charge in [0.2, 0.25) is 0 Å². The fourth-order valence-electron chi connectivity index (χ4n) is 3.07. The molecule has 2 aromatic carbocycles. The summed E-state index contributed by atoms with van der Waals surface area (Å²) in [4.78, 5) is 14.0. The van der Waals surface area contributed by atoms with E-state index in [1.165, 1.54) is 13.2 Å². The molecule has 0 saturated carbocycles. The Labute approximate surface area is 163 Å². The summed E-state index contributed by atoms with van der Waals surface area (Å²) in [6.45, 7) is 3.27. The zero-order chi connectivity index (χ0) is 19.9. The minimum absolute atomic E-state index is 0.209. The molecule has 3 rings (SSSR count). The molecule has 0 aliphatic carbocycles. The molecular weight excluding hydrogens is 361 g/mol. The van der Waals surface area contributed by atoms with Crippen LogP contribution in [0.4, 0.5) is 10.1 Å². The van der Waals surface area contributed by atoms with Gasteiger partial charge in [-0.2, -0.15) is 5.10 Å². The summed E-state index contributed by atoms with van der Waals surface area (Å²) >= 11 is 0. The van der Waals surface area contributed by atoms with Gasteiger partial charge in [0.1, 0.15) is 5.82 Å². The lowest BCUT2D eigenvalue weighted by Gasteiger charge is -2.18. The van der Waals surface area contributed by atoms with Crippen molar-refractivity contribution in [1.29, 1.82) is 0 Å². The third-order valence-electron chi connectivity index (χ3n) is 4.59. The van der Waals surface area contributed by atoms with Crippen molar-refractivity contribution in [3.63, 3.8) is 0 Å². The molecule has 0 spiro atoms. The predicted octanol–water partition coefficient (Wildman–Crippen LogP) is 3.35. The summed E-state index contributed by atoms with van der Waals surface area (Å²) in [6.07, 6.45) is 2.18. The molecule has 28 heavy (non-hydrogen) atoms. The van der Waals surface area contributed by atoms with E-state index in [1.807, 2.05) is 17.0 Å². The fourth-order valence-corrected chi connectivity index (χ4v) is 3.07. The van der Waals surface area contributed by atoms with E-state index in [2.05, 4.69) is 10.5 Å². The van der Waals surface area contributed by atoms with Gasteiger partial charge in [0.05, 0.1) is 18.5 Å². The first-order valence-electron chi connectivity index (χ1n) is 9.22. The molecule has 1 aliphatic heterocycles. The summed E-state index contributed by atoms with van der Waals surface area (Å²) in [7, 11) is 1.53. The van der Waals surface area contributed by atoms with Crippen molar-refractivity contribution in [2.45, 2.75) is 19.8 Å². The van der Waals surface area contributed by atoms with Gasteiger partial charge in [-0.15, -0.1) is 0 Å². The SMILES string of the molecule is COc1ccccc1OCC(=O)N/N=C(/C)c1ccc(N2CCCC2)c(F)c1. The molecule has 1 aliphatic rings. The van der Waals surface area contributed by atoms with E-state index >= 15 is 0 Å². The highest BCUT2D eigenvalue weighted by Crippen LogP contribution is 2.26. The van der Waals surface area contributed by atoms with Gasteiger partial charge in [0, 0.05) is 18.7 Å². The minimum atomic E-state index is -0.417. The maximum absolute atomic E-state index is 14.4. The molecule has 148 valence electrons. The Bertz CT molecular complexity index is 864. The maximum Gasteiger partial charge on any atom is 0.277 e. The Morgan fingerprint density at radius 2 is 1.89 bits per heavy atom. The summed E-state index contributed by atoms with van der Waals surface area (Å²) < 4.78 is 25.0. The van der Waals surface area contributed by atoms with Crippen molar-refractivity contribution in [3.05, 3.63) is 53.8 Å². The standard InChI is InChI=1S/C21H24FN3O3/c1-15(16-9-10-18(17(22)13-16)25-11-5-6-12-25)23-24-21(26)14-28-20-8-4-3-7-19(20)27-2/h3-4,7-10,13H,5-6,11-12,14H2,1-2H3,(H,24,26)/b23-15-. The van der Waals surface area contributed by atoms with Gasteiger partial charge in [-0.1, -0.05) is 18.2 Å². The van der Waals surface area contributed by atoms with Gasteiger partial charge in [-0.05, 0) is 44.0 Å². The van der Waals surface area contributed by atoms with Crippen LogP contribution in [-0.2, 0) is 4.79 Å². The quantitative estimate of drug-likeness (QED) is 0.586. The van der Waals surface area contributed by atoms with E-state index in [-0.39, 0.29) is 12.4 Å². The number of hydrazone groups is 1. The highest BCUT2D eigenvalue weighted by molar-refractivity contribution is 5.99. The predicted molar refractivity (Wildman–Crippen MR) is 107 cm³/mol. The molecule has 0 radical (unpaired) electrons. The smallest absolute Gasteiger partial charge is 0.277 e. The summed E-state index contributed by atoms with van der Waals surface area (Å²) in [5.74, 6) is 0.322. The summed E-state index contributed by atoms with van der Waals surface area (Å²) in [6, 6.07) is 12.1. The first-order chi connectivity index (χ1) is 13.6. The van der Waals surface area contributed by atoms with Gasteiger partial charge in [-0.25, -0.2) is 9.82 Å². The van der Waals surface area contributed by atoms with Crippen molar-refractivity contribution >= 4 is 17.3 Å². The molecule has 0 unspecified atom stereocenters. The molecule has 0 bridgehead atoms. The number of hydrogen-bond donors (Lipinski definition) is 1. The number of carbonyl (C=O) groups is 1. The number of benzene rings is 2. The van der Waals surface area contributed by atoms with Crippen LogP contribution in [0.25, 0.3) is 0 Å². The second-order valence-corrected chi connectivity index (χ2v) is 6.53. The van der Waals surface area contributed by atoms with Crippen LogP contribution in [-0.4, -0.2) is 38.4 Å². The number of rotatable bonds is 7. The highest BCUT2D eigenvalue weighted by Gasteiger charge is 2.16. The monoisotopic (exact) mass is 385 g/mol. The molecule has 7 heteroatoms. The second-order valence-electron chi connectivity index (χ2n) is 6.53. The number of methoxy groups -OCH3 is 1. The van der Waals surface area contributed by atoms with E-state index in [0.29, 0.717) is 28.5 Å². The van der Waals surface area contributed by atoms with Crippen molar-refractivity contribution in [1.82, 2.24) is 5.43 Å². The van der Waals surface area contributed by atoms with Crippen LogP contribution in [0.2, 0.25) is 0 Å². The Balaban J connectivity index is 1.57. The number of ether oxygens (including phenoxy) is 2. The largest absolute Gasteiger partial charge is 0.493 e. The van der Waals surface area contributed by atoms with Crippen LogP contribution in [0.1, 0.15) is 25.3 Å². The van der Waals surface area contributed by atoms with E-state index in [1.54, 1.807) is 31.2 Å². The van der Waals surface area contributed by atoms with Crippen LogP contribution in [0.3, 0.4) is 0 Å². The number of amides is 1. The van der Waals surface area contributed by atoms with Crippen molar-refractivity contribution in [3.8, 4) is 11.5 Å². The fraction of sp³-hybridized carbons (Fsp3) is 0.333. The lowest BCUT2D eigenvalue weighted by atomic mass is 10.1. The average molecular weight is 385 g/mol. The van der Waals surface area contributed by atoms with Crippen LogP contribution in [0.15, 0.2) is 47.6 Å². The molecule has 0 atom stereocenters. The lowest BCUT2D eigenvalue weighted by molar-refractivity contribution is -0.123. The number of halogens is 1. The third kappa shape index (κ3) is 4.79. The van der Waals surface area contributed by atoms with E-state index < -0.39 is 5.91 Å². The normalized spacial score (nSPS) is 14.1. The van der Waals surface area contributed by atoms with Gasteiger partial charge in [-0.3, -0.25) is 4.79 Å². The summed E-state index contributed by atoms with van der Waals surface area (Å²) in [5, 5.41) is 4.04. The van der Waals surface area contributed by atoms with Gasteiger partial charge < -0.3 is 14.4 Å². The molecule has 1 amide bonds. The zero-order valence-corrected chi connectivity index (χ0v) is 16.1. The highest BCUT2D eigenvalue weighted by atomic mass is 19.1. The topological polar surface area (TPSA) is 63.2 Å².